The molecule has 1 aromatic carbocycles. The molecular formula is C13H9Cl2NO2S. The molecule has 98 valence electrons. The van der Waals surface area contributed by atoms with Crippen LogP contribution in [0.2, 0.25) is 10.0 Å². The van der Waals surface area contributed by atoms with E-state index in [9.17, 15) is 4.79 Å². The molecule has 0 fully saturated rings. The van der Waals surface area contributed by atoms with Crippen LogP contribution in [0, 0.1) is 6.92 Å². The van der Waals surface area contributed by atoms with Crippen LogP contribution >= 0.6 is 34.5 Å². The lowest BCUT2D eigenvalue weighted by Gasteiger charge is -1.98. The molecule has 0 N–H and O–H groups in total. The number of oxime groups is 1. The van der Waals surface area contributed by atoms with E-state index in [1.165, 1.54) is 17.6 Å². The zero-order chi connectivity index (χ0) is 13.8. The van der Waals surface area contributed by atoms with Gasteiger partial charge in [-0.3, -0.25) is 0 Å². The van der Waals surface area contributed by atoms with Crippen molar-refractivity contribution in [3.05, 3.63) is 55.7 Å². The average Bonchev–Trinajstić information content (AvgIpc) is 2.78. The molecule has 0 atom stereocenters. The van der Waals surface area contributed by atoms with E-state index in [-0.39, 0.29) is 0 Å². The highest BCUT2D eigenvalue weighted by molar-refractivity contribution is 7.12. The van der Waals surface area contributed by atoms with Gasteiger partial charge in [0.2, 0.25) is 0 Å². The summed E-state index contributed by atoms with van der Waals surface area (Å²) in [5.41, 5.74) is 1.64. The molecule has 0 aliphatic carbocycles. The van der Waals surface area contributed by atoms with Crippen LogP contribution in [-0.4, -0.2) is 12.2 Å². The molecule has 0 unspecified atom stereocenters. The highest BCUT2D eigenvalue weighted by atomic mass is 35.5. The first kappa shape index (κ1) is 14.1. The van der Waals surface area contributed by atoms with Gasteiger partial charge in [-0.05, 0) is 36.1 Å². The van der Waals surface area contributed by atoms with Crippen LogP contribution in [0.1, 0.15) is 20.8 Å². The molecule has 6 heteroatoms. The number of halogens is 2. The van der Waals surface area contributed by atoms with E-state index >= 15 is 0 Å². The third-order valence-electron chi connectivity index (χ3n) is 2.22. The maximum atomic E-state index is 11.6. The van der Waals surface area contributed by atoms with E-state index < -0.39 is 5.97 Å². The van der Waals surface area contributed by atoms with Gasteiger partial charge in [0.25, 0.3) is 0 Å². The fourth-order valence-electron chi connectivity index (χ4n) is 1.32. The van der Waals surface area contributed by atoms with Crippen LogP contribution in [0.15, 0.2) is 34.8 Å². The lowest BCUT2D eigenvalue weighted by atomic mass is 10.2. The maximum absolute atomic E-state index is 11.6. The van der Waals surface area contributed by atoms with Gasteiger partial charge in [-0.25, -0.2) is 4.79 Å². The van der Waals surface area contributed by atoms with Gasteiger partial charge in [-0.1, -0.05) is 34.4 Å². The van der Waals surface area contributed by atoms with Crippen molar-refractivity contribution < 1.29 is 9.63 Å². The van der Waals surface area contributed by atoms with Crippen LogP contribution in [0.3, 0.4) is 0 Å². The van der Waals surface area contributed by atoms with Gasteiger partial charge in [-0.2, -0.15) is 0 Å². The molecule has 0 spiro atoms. The van der Waals surface area contributed by atoms with Crippen molar-refractivity contribution in [2.24, 2.45) is 5.16 Å². The van der Waals surface area contributed by atoms with Crippen molar-refractivity contribution >= 4 is 46.7 Å². The highest BCUT2D eigenvalue weighted by Crippen LogP contribution is 2.19. The van der Waals surface area contributed by atoms with Crippen molar-refractivity contribution in [3.8, 4) is 0 Å². The minimum Gasteiger partial charge on any atom is -0.312 e. The SMILES string of the molecule is Cc1csc(C(=O)O/N=C\c2ccc(Cl)cc2Cl)c1. The maximum Gasteiger partial charge on any atom is 0.375 e. The topological polar surface area (TPSA) is 38.7 Å². The summed E-state index contributed by atoms with van der Waals surface area (Å²) in [6.45, 7) is 1.91. The van der Waals surface area contributed by atoms with E-state index in [0.29, 0.717) is 20.5 Å². The molecule has 2 rings (SSSR count). The fourth-order valence-corrected chi connectivity index (χ4v) is 2.55. The lowest BCUT2D eigenvalue weighted by molar-refractivity contribution is 0.0525. The zero-order valence-electron chi connectivity index (χ0n) is 9.89. The highest BCUT2D eigenvalue weighted by Gasteiger charge is 2.09. The summed E-state index contributed by atoms with van der Waals surface area (Å²) < 4.78 is 0. The fraction of sp³-hybridized carbons (Fsp3) is 0.0769. The Labute approximate surface area is 124 Å². The number of carbonyl (C=O) groups excluding carboxylic acids is 1. The van der Waals surface area contributed by atoms with Crippen molar-refractivity contribution in [2.45, 2.75) is 6.92 Å². The first-order valence-electron chi connectivity index (χ1n) is 5.31. The molecule has 1 aromatic heterocycles. The van der Waals surface area contributed by atoms with Gasteiger partial charge in [-0.15, -0.1) is 11.3 Å². The summed E-state index contributed by atoms with van der Waals surface area (Å²) >= 11 is 13.0. The van der Waals surface area contributed by atoms with Crippen molar-refractivity contribution in [2.75, 3.05) is 0 Å². The standard InChI is InChI=1S/C13H9Cl2NO2S/c1-8-4-12(19-7-8)13(17)18-16-6-9-2-3-10(14)5-11(9)15/h2-7H,1H3/b16-6-. The normalized spacial score (nSPS) is 10.9. The molecule has 0 bridgehead atoms. The zero-order valence-corrected chi connectivity index (χ0v) is 12.2. The van der Waals surface area contributed by atoms with E-state index in [4.69, 9.17) is 28.0 Å². The van der Waals surface area contributed by atoms with Crippen LogP contribution in [0.5, 0.6) is 0 Å². The third kappa shape index (κ3) is 3.80. The van der Waals surface area contributed by atoms with Gasteiger partial charge in [0, 0.05) is 10.6 Å². The summed E-state index contributed by atoms with van der Waals surface area (Å²) in [5, 5.41) is 6.47. The van der Waals surface area contributed by atoms with Crippen LogP contribution in [0.25, 0.3) is 0 Å². The Bertz CT molecular complexity index is 637. The number of hydrogen-bond acceptors (Lipinski definition) is 4. The average molecular weight is 314 g/mol. The van der Waals surface area contributed by atoms with Crippen molar-refractivity contribution in [1.29, 1.82) is 0 Å². The van der Waals surface area contributed by atoms with Crippen LogP contribution in [-0.2, 0) is 4.84 Å². The Morgan fingerprint density at radius 3 is 2.79 bits per heavy atom. The second-order valence-corrected chi connectivity index (χ2v) is 5.52. The molecule has 0 saturated carbocycles. The molecule has 2 aromatic rings. The number of hydrogen-bond donors (Lipinski definition) is 0. The van der Waals surface area contributed by atoms with E-state index in [0.717, 1.165) is 5.56 Å². The molecule has 0 saturated heterocycles. The number of benzene rings is 1. The summed E-state index contributed by atoms with van der Waals surface area (Å²) in [6, 6.07) is 6.71. The Kier molecular flexibility index (Phi) is 4.58. The number of thiophene rings is 1. The van der Waals surface area contributed by atoms with Crippen LogP contribution < -0.4 is 0 Å². The number of rotatable bonds is 3. The van der Waals surface area contributed by atoms with Gasteiger partial charge in [0.15, 0.2) is 0 Å². The lowest BCUT2D eigenvalue weighted by Crippen LogP contribution is -1.98. The molecule has 19 heavy (non-hydrogen) atoms. The van der Waals surface area contributed by atoms with Gasteiger partial charge in [0.1, 0.15) is 4.88 Å². The third-order valence-corrected chi connectivity index (χ3v) is 3.81. The van der Waals surface area contributed by atoms with E-state index in [1.54, 1.807) is 24.3 Å². The Hall–Kier alpha value is -1.36. The van der Waals surface area contributed by atoms with Gasteiger partial charge in [0.05, 0.1) is 11.2 Å². The summed E-state index contributed by atoms with van der Waals surface area (Å²) in [6.07, 6.45) is 1.37. The van der Waals surface area contributed by atoms with Crippen molar-refractivity contribution in [3.63, 3.8) is 0 Å². The smallest absolute Gasteiger partial charge is 0.312 e. The second-order valence-electron chi connectivity index (χ2n) is 3.77. The minimum atomic E-state index is -0.487. The van der Waals surface area contributed by atoms with Gasteiger partial charge >= 0.3 is 5.97 Å². The predicted molar refractivity (Wildman–Crippen MR) is 78.5 cm³/mol. The number of carbonyl (C=O) groups is 1. The first-order chi connectivity index (χ1) is 9.06. The predicted octanol–water partition coefficient (Wildman–Crippen LogP) is 4.55. The van der Waals surface area contributed by atoms with E-state index in [2.05, 4.69) is 5.16 Å². The molecule has 0 amide bonds. The van der Waals surface area contributed by atoms with Gasteiger partial charge < -0.3 is 4.84 Å². The Morgan fingerprint density at radius 2 is 2.16 bits per heavy atom. The second kappa shape index (κ2) is 6.19. The number of aryl methyl sites for hydroxylation is 1. The molecule has 0 radical (unpaired) electrons. The quantitative estimate of drug-likeness (QED) is 0.473. The summed E-state index contributed by atoms with van der Waals surface area (Å²) in [4.78, 5) is 16.9. The largest absolute Gasteiger partial charge is 0.375 e. The summed E-state index contributed by atoms with van der Waals surface area (Å²) in [5.74, 6) is -0.487. The van der Waals surface area contributed by atoms with Crippen molar-refractivity contribution in [1.82, 2.24) is 0 Å². The molecule has 1 heterocycles. The van der Waals surface area contributed by atoms with E-state index in [1.807, 2.05) is 12.3 Å². The number of nitrogens with zero attached hydrogens (tertiary/aromatic N) is 1. The van der Waals surface area contributed by atoms with Crippen LogP contribution in [0.4, 0.5) is 0 Å². The Morgan fingerprint density at radius 1 is 1.37 bits per heavy atom. The molecule has 3 nitrogen and oxygen atoms in total. The molecular weight excluding hydrogens is 305 g/mol. The summed E-state index contributed by atoms with van der Waals surface area (Å²) in [7, 11) is 0. The molecule has 0 aliphatic heterocycles. The Balaban J connectivity index is 2.02. The first-order valence-corrected chi connectivity index (χ1v) is 6.95. The molecule has 0 aliphatic rings. The monoisotopic (exact) mass is 313 g/mol. The minimum absolute atomic E-state index is 0.444.